The fourth-order valence-corrected chi connectivity index (χ4v) is 3.30. The number of benzene rings is 1. The number of halogens is 1. The second-order valence-electron chi connectivity index (χ2n) is 5.79. The molecule has 0 radical (unpaired) electrons. The SMILES string of the molecule is COc1cc(NC2CCCCC2C(C)C)ccc1Cl. The highest BCUT2D eigenvalue weighted by molar-refractivity contribution is 6.32. The van der Waals surface area contributed by atoms with Crippen molar-refractivity contribution in [1.29, 1.82) is 0 Å². The molecule has 1 N–H and O–H groups in total. The Hall–Kier alpha value is -0.890. The van der Waals surface area contributed by atoms with Crippen LogP contribution < -0.4 is 10.1 Å². The molecule has 0 spiro atoms. The van der Waals surface area contributed by atoms with Gasteiger partial charge >= 0.3 is 0 Å². The van der Waals surface area contributed by atoms with Gasteiger partial charge in [-0.15, -0.1) is 0 Å². The molecule has 106 valence electrons. The summed E-state index contributed by atoms with van der Waals surface area (Å²) in [6, 6.07) is 6.50. The first-order valence-corrected chi connectivity index (χ1v) is 7.59. The molecule has 1 fully saturated rings. The van der Waals surface area contributed by atoms with Crippen molar-refractivity contribution in [2.24, 2.45) is 11.8 Å². The van der Waals surface area contributed by atoms with E-state index in [4.69, 9.17) is 16.3 Å². The highest BCUT2D eigenvalue weighted by Gasteiger charge is 2.27. The predicted molar refractivity (Wildman–Crippen MR) is 82.2 cm³/mol. The number of anilines is 1. The van der Waals surface area contributed by atoms with Crippen molar-refractivity contribution in [3.63, 3.8) is 0 Å². The quantitative estimate of drug-likeness (QED) is 0.841. The summed E-state index contributed by atoms with van der Waals surface area (Å²) < 4.78 is 5.28. The lowest BCUT2D eigenvalue weighted by Gasteiger charge is -2.35. The van der Waals surface area contributed by atoms with Gasteiger partial charge in [-0.05, 0) is 36.8 Å². The molecule has 3 heteroatoms. The lowest BCUT2D eigenvalue weighted by molar-refractivity contribution is 0.254. The Balaban J connectivity index is 2.10. The van der Waals surface area contributed by atoms with Crippen molar-refractivity contribution in [2.45, 2.75) is 45.6 Å². The lowest BCUT2D eigenvalue weighted by atomic mass is 9.78. The average Bonchev–Trinajstić information content (AvgIpc) is 2.41. The van der Waals surface area contributed by atoms with Crippen molar-refractivity contribution < 1.29 is 4.74 Å². The fourth-order valence-electron chi connectivity index (χ4n) is 3.10. The van der Waals surface area contributed by atoms with E-state index in [0.29, 0.717) is 11.1 Å². The summed E-state index contributed by atoms with van der Waals surface area (Å²) in [6.07, 6.45) is 5.28. The van der Waals surface area contributed by atoms with Crippen LogP contribution in [0.5, 0.6) is 5.75 Å². The zero-order chi connectivity index (χ0) is 13.8. The van der Waals surface area contributed by atoms with Crippen molar-refractivity contribution in [3.05, 3.63) is 23.2 Å². The normalized spacial score (nSPS) is 23.4. The van der Waals surface area contributed by atoms with Crippen LogP contribution in [0.1, 0.15) is 39.5 Å². The molecule has 0 bridgehead atoms. The topological polar surface area (TPSA) is 21.3 Å². The van der Waals surface area contributed by atoms with Crippen molar-refractivity contribution in [3.8, 4) is 5.75 Å². The first-order valence-electron chi connectivity index (χ1n) is 7.22. The number of methoxy groups -OCH3 is 1. The maximum atomic E-state index is 6.07. The largest absolute Gasteiger partial charge is 0.495 e. The highest BCUT2D eigenvalue weighted by atomic mass is 35.5. The van der Waals surface area contributed by atoms with Gasteiger partial charge < -0.3 is 10.1 Å². The van der Waals surface area contributed by atoms with E-state index < -0.39 is 0 Å². The molecule has 0 aromatic heterocycles. The predicted octanol–water partition coefficient (Wildman–Crippen LogP) is 4.98. The third-order valence-corrected chi connectivity index (χ3v) is 4.49. The molecule has 1 aliphatic rings. The van der Waals surface area contributed by atoms with Crippen LogP contribution in [-0.2, 0) is 0 Å². The number of hydrogen-bond acceptors (Lipinski definition) is 2. The van der Waals surface area contributed by atoms with E-state index in [1.54, 1.807) is 7.11 Å². The van der Waals surface area contributed by atoms with Gasteiger partial charge in [-0.1, -0.05) is 38.3 Å². The zero-order valence-electron chi connectivity index (χ0n) is 12.1. The summed E-state index contributed by atoms with van der Waals surface area (Å²) in [4.78, 5) is 0. The maximum Gasteiger partial charge on any atom is 0.139 e. The van der Waals surface area contributed by atoms with Gasteiger partial charge in [0.25, 0.3) is 0 Å². The smallest absolute Gasteiger partial charge is 0.139 e. The highest BCUT2D eigenvalue weighted by Crippen LogP contribution is 2.34. The van der Waals surface area contributed by atoms with Crippen LogP contribution in [0.25, 0.3) is 0 Å². The standard InChI is InChI=1S/C16H24ClNO/c1-11(2)13-6-4-5-7-15(13)18-12-8-9-14(17)16(10-12)19-3/h8-11,13,15,18H,4-7H2,1-3H3. The van der Waals surface area contributed by atoms with Gasteiger partial charge in [-0.3, -0.25) is 0 Å². The molecule has 19 heavy (non-hydrogen) atoms. The minimum absolute atomic E-state index is 0.569. The Morgan fingerprint density at radius 3 is 2.68 bits per heavy atom. The molecule has 1 aliphatic carbocycles. The minimum atomic E-state index is 0.569. The third-order valence-electron chi connectivity index (χ3n) is 4.18. The lowest BCUT2D eigenvalue weighted by Crippen LogP contribution is -2.35. The van der Waals surface area contributed by atoms with Gasteiger partial charge in [-0.25, -0.2) is 0 Å². The Morgan fingerprint density at radius 1 is 1.26 bits per heavy atom. The Kier molecular flexibility index (Phi) is 4.98. The van der Waals surface area contributed by atoms with E-state index in [1.165, 1.54) is 25.7 Å². The molecule has 0 saturated heterocycles. The van der Waals surface area contributed by atoms with Crippen molar-refractivity contribution in [2.75, 3.05) is 12.4 Å². The van der Waals surface area contributed by atoms with E-state index in [1.807, 2.05) is 18.2 Å². The van der Waals surface area contributed by atoms with Crippen LogP contribution >= 0.6 is 11.6 Å². The summed E-state index contributed by atoms with van der Waals surface area (Å²) in [6.45, 7) is 4.65. The molecular weight excluding hydrogens is 258 g/mol. The van der Waals surface area contributed by atoms with Crippen LogP contribution in [-0.4, -0.2) is 13.2 Å². The molecule has 2 nitrogen and oxygen atoms in total. The monoisotopic (exact) mass is 281 g/mol. The third kappa shape index (κ3) is 3.56. The zero-order valence-corrected chi connectivity index (χ0v) is 12.8. The van der Waals surface area contributed by atoms with Gasteiger partial charge in [0.05, 0.1) is 12.1 Å². The average molecular weight is 282 g/mol. The van der Waals surface area contributed by atoms with Crippen LogP contribution in [0, 0.1) is 11.8 Å². The van der Waals surface area contributed by atoms with Gasteiger partial charge in [-0.2, -0.15) is 0 Å². The molecule has 0 aliphatic heterocycles. The van der Waals surface area contributed by atoms with E-state index in [9.17, 15) is 0 Å². The summed E-state index contributed by atoms with van der Waals surface area (Å²) >= 11 is 6.07. The molecule has 2 unspecified atom stereocenters. The molecule has 1 aromatic rings. The van der Waals surface area contributed by atoms with E-state index >= 15 is 0 Å². The first kappa shape index (κ1) is 14.5. The molecule has 1 aromatic carbocycles. The number of hydrogen-bond donors (Lipinski definition) is 1. The van der Waals surface area contributed by atoms with Gasteiger partial charge in [0.1, 0.15) is 5.75 Å². The summed E-state index contributed by atoms with van der Waals surface area (Å²) in [5, 5.41) is 4.34. The Bertz CT molecular complexity index is 419. The number of rotatable bonds is 4. The molecule has 2 rings (SSSR count). The number of ether oxygens (including phenoxy) is 1. The summed E-state index contributed by atoms with van der Waals surface area (Å²) in [7, 11) is 1.66. The van der Waals surface area contributed by atoms with Gasteiger partial charge in [0.2, 0.25) is 0 Å². The maximum absolute atomic E-state index is 6.07. The second-order valence-corrected chi connectivity index (χ2v) is 6.20. The summed E-state index contributed by atoms with van der Waals surface area (Å²) in [5.74, 6) is 2.23. The Labute approximate surface area is 121 Å². The van der Waals surface area contributed by atoms with Crippen LogP contribution in [0.2, 0.25) is 5.02 Å². The molecule has 0 heterocycles. The van der Waals surface area contributed by atoms with E-state index in [-0.39, 0.29) is 0 Å². The fraction of sp³-hybridized carbons (Fsp3) is 0.625. The minimum Gasteiger partial charge on any atom is -0.495 e. The van der Waals surface area contributed by atoms with E-state index in [2.05, 4.69) is 19.2 Å². The van der Waals surface area contributed by atoms with Crippen LogP contribution in [0.15, 0.2) is 18.2 Å². The molecule has 0 amide bonds. The first-order chi connectivity index (χ1) is 9.11. The Morgan fingerprint density at radius 2 is 2.00 bits per heavy atom. The van der Waals surface area contributed by atoms with Crippen LogP contribution in [0.3, 0.4) is 0 Å². The second kappa shape index (κ2) is 6.51. The molecular formula is C16H24ClNO. The van der Waals surface area contributed by atoms with Crippen molar-refractivity contribution >= 4 is 17.3 Å². The summed E-state index contributed by atoms with van der Waals surface area (Å²) in [5.41, 5.74) is 1.11. The molecule has 1 saturated carbocycles. The van der Waals surface area contributed by atoms with Gasteiger partial charge in [0, 0.05) is 17.8 Å². The molecule has 2 atom stereocenters. The van der Waals surface area contributed by atoms with Gasteiger partial charge in [0.15, 0.2) is 0 Å². The van der Waals surface area contributed by atoms with E-state index in [0.717, 1.165) is 23.3 Å². The van der Waals surface area contributed by atoms with Crippen LogP contribution in [0.4, 0.5) is 5.69 Å². The van der Waals surface area contributed by atoms with Crippen molar-refractivity contribution in [1.82, 2.24) is 0 Å². The number of nitrogens with one attached hydrogen (secondary N) is 1.